The first-order chi connectivity index (χ1) is 3.00. The van der Waals surface area contributed by atoms with E-state index >= 15 is 0 Å². The molecular weight excluding hydrogens is 98.4 g/mol. The van der Waals surface area contributed by atoms with Crippen molar-refractivity contribution in [3.8, 4) is 0 Å². The zero-order valence-electron chi connectivity index (χ0n) is 6.04. The maximum atomic E-state index is 3.78. The Balaban J connectivity index is -0.000000120. The van der Waals surface area contributed by atoms with Gasteiger partial charge in [-0.3, -0.25) is 4.98 Å². The standard InChI is InChI=1S/C5H5N.Mg.2H/c1-2-4-6-5-3-1;;;/h1-5H;;;/q;+2;2*-1. The summed E-state index contributed by atoms with van der Waals surface area (Å²) in [6, 6.07) is 5.72. The molecular formula is C5H7MgN. The molecule has 0 radical (unpaired) electrons. The molecule has 0 saturated carbocycles. The van der Waals surface area contributed by atoms with E-state index in [0.29, 0.717) is 0 Å². The number of rotatable bonds is 0. The second kappa shape index (κ2) is 4.09. The molecule has 0 unspecified atom stereocenters. The second-order valence-corrected chi connectivity index (χ2v) is 1.02. The van der Waals surface area contributed by atoms with Gasteiger partial charge < -0.3 is 2.85 Å². The van der Waals surface area contributed by atoms with Crippen molar-refractivity contribution in [2.45, 2.75) is 0 Å². The van der Waals surface area contributed by atoms with Crippen LogP contribution in [0.1, 0.15) is 2.85 Å². The average Bonchev–Trinajstić information content (AvgIpc) is 1.72. The van der Waals surface area contributed by atoms with Gasteiger partial charge in [-0.15, -0.1) is 0 Å². The average molecular weight is 105 g/mol. The van der Waals surface area contributed by atoms with Gasteiger partial charge in [0.15, 0.2) is 0 Å². The summed E-state index contributed by atoms with van der Waals surface area (Å²) in [7, 11) is 0. The molecule has 0 spiro atoms. The summed E-state index contributed by atoms with van der Waals surface area (Å²) in [6.07, 6.45) is 3.50. The minimum Gasteiger partial charge on any atom is -1.00 e. The summed E-state index contributed by atoms with van der Waals surface area (Å²) in [4.78, 5) is 3.78. The Morgan fingerprint density at radius 2 is 1.57 bits per heavy atom. The third kappa shape index (κ3) is 2.59. The zero-order valence-corrected chi connectivity index (χ0v) is 5.46. The summed E-state index contributed by atoms with van der Waals surface area (Å²) in [5.41, 5.74) is 0. The molecule has 0 N–H and O–H groups in total. The van der Waals surface area contributed by atoms with Gasteiger partial charge in [0, 0.05) is 12.4 Å². The predicted molar refractivity (Wildman–Crippen MR) is 32.2 cm³/mol. The first-order valence-electron chi connectivity index (χ1n) is 1.85. The van der Waals surface area contributed by atoms with Crippen LogP contribution in [-0.4, -0.2) is 28.0 Å². The molecule has 1 aromatic rings. The van der Waals surface area contributed by atoms with Crippen LogP contribution in [0.2, 0.25) is 0 Å². The van der Waals surface area contributed by atoms with E-state index in [2.05, 4.69) is 4.98 Å². The summed E-state index contributed by atoms with van der Waals surface area (Å²) in [5.74, 6) is 0. The van der Waals surface area contributed by atoms with E-state index in [-0.39, 0.29) is 25.9 Å². The van der Waals surface area contributed by atoms with Crippen molar-refractivity contribution in [1.29, 1.82) is 0 Å². The minimum atomic E-state index is 0. The normalized spacial score (nSPS) is 6.86. The molecule has 0 saturated heterocycles. The summed E-state index contributed by atoms with van der Waals surface area (Å²) in [6.45, 7) is 0. The van der Waals surface area contributed by atoms with Crippen molar-refractivity contribution in [2.75, 3.05) is 0 Å². The quantitative estimate of drug-likeness (QED) is 0.447. The van der Waals surface area contributed by atoms with E-state index in [1.165, 1.54) is 0 Å². The van der Waals surface area contributed by atoms with E-state index in [4.69, 9.17) is 0 Å². The Labute approximate surface area is 61.9 Å². The van der Waals surface area contributed by atoms with Gasteiger partial charge in [-0.05, 0) is 12.1 Å². The SMILES string of the molecule is [H-].[H-].[Mg+2].c1ccncc1. The number of nitrogens with zero attached hydrogens (tertiary/aromatic N) is 1. The summed E-state index contributed by atoms with van der Waals surface area (Å²) >= 11 is 0. The minimum absolute atomic E-state index is 0. The van der Waals surface area contributed by atoms with Gasteiger partial charge in [-0.25, -0.2) is 0 Å². The molecule has 34 valence electrons. The van der Waals surface area contributed by atoms with E-state index in [1.807, 2.05) is 18.2 Å². The van der Waals surface area contributed by atoms with Gasteiger partial charge >= 0.3 is 23.1 Å². The smallest absolute Gasteiger partial charge is 1.00 e. The molecule has 0 aliphatic carbocycles. The van der Waals surface area contributed by atoms with Gasteiger partial charge in [0.2, 0.25) is 0 Å². The molecule has 0 aliphatic heterocycles. The number of hydrogen-bond acceptors (Lipinski definition) is 1. The molecule has 0 aliphatic rings. The molecule has 0 atom stereocenters. The molecule has 1 rings (SSSR count). The maximum Gasteiger partial charge on any atom is 2.00 e. The summed E-state index contributed by atoms with van der Waals surface area (Å²) in [5, 5.41) is 0. The van der Waals surface area contributed by atoms with Gasteiger partial charge in [0.1, 0.15) is 0 Å². The van der Waals surface area contributed by atoms with Gasteiger partial charge in [0.25, 0.3) is 0 Å². The van der Waals surface area contributed by atoms with Gasteiger partial charge in [-0.1, -0.05) is 6.07 Å². The molecule has 0 fully saturated rings. The Bertz CT molecular complexity index is 86.9. The Kier molecular flexibility index (Phi) is 4.04. The van der Waals surface area contributed by atoms with Crippen LogP contribution in [0, 0.1) is 0 Å². The van der Waals surface area contributed by atoms with Crippen molar-refractivity contribution in [3.05, 3.63) is 30.6 Å². The predicted octanol–water partition coefficient (Wildman–Crippen LogP) is 0.926. The molecule has 7 heavy (non-hydrogen) atoms. The van der Waals surface area contributed by atoms with Crippen molar-refractivity contribution < 1.29 is 2.85 Å². The van der Waals surface area contributed by atoms with Crippen LogP contribution in [0.5, 0.6) is 0 Å². The van der Waals surface area contributed by atoms with E-state index < -0.39 is 0 Å². The van der Waals surface area contributed by atoms with Crippen molar-refractivity contribution in [3.63, 3.8) is 0 Å². The van der Waals surface area contributed by atoms with E-state index in [0.717, 1.165) is 0 Å². The van der Waals surface area contributed by atoms with Gasteiger partial charge in [-0.2, -0.15) is 0 Å². The molecule has 0 aromatic carbocycles. The molecule has 0 amide bonds. The van der Waals surface area contributed by atoms with Crippen LogP contribution in [0.3, 0.4) is 0 Å². The zero-order chi connectivity index (χ0) is 4.24. The Morgan fingerprint density at radius 1 is 1.00 bits per heavy atom. The summed E-state index contributed by atoms with van der Waals surface area (Å²) < 4.78 is 0. The Morgan fingerprint density at radius 3 is 1.71 bits per heavy atom. The van der Waals surface area contributed by atoms with Gasteiger partial charge in [0.05, 0.1) is 0 Å². The first-order valence-corrected chi connectivity index (χ1v) is 1.85. The van der Waals surface area contributed by atoms with E-state index in [1.54, 1.807) is 12.4 Å². The van der Waals surface area contributed by atoms with Crippen LogP contribution in [0.25, 0.3) is 0 Å². The monoisotopic (exact) mass is 105 g/mol. The fraction of sp³-hybridized carbons (Fsp3) is 0. The number of hydrogen-bond donors (Lipinski definition) is 0. The van der Waals surface area contributed by atoms with Crippen molar-refractivity contribution in [1.82, 2.24) is 4.98 Å². The van der Waals surface area contributed by atoms with Crippen LogP contribution < -0.4 is 0 Å². The maximum absolute atomic E-state index is 3.78. The largest absolute Gasteiger partial charge is 2.00 e. The molecule has 0 bridgehead atoms. The second-order valence-electron chi connectivity index (χ2n) is 1.02. The van der Waals surface area contributed by atoms with Crippen molar-refractivity contribution >= 4 is 23.1 Å². The molecule has 2 heteroatoms. The van der Waals surface area contributed by atoms with Crippen LogP contribution in [0.4, 0.5) is 0 Å². The van der Waals surface area contributed by atoms with Crippen molar-refractivity contribution in [2.24, 2.45) is 0 Å². The Hall–Kier alpha value is -0.0838. The fourth-order valence-corrected chi connectivity index (χ4v) is 0.313. The molecule has 1 heterocycles. The topological polar surface area (TPSA) is 12.9 Å². The third-order valence-corrected chi connectivity index (χ3v) is 0.566. The number of aromatic nitrogens is 1. The van der Waals surface area contributed by atoms with Crippen LogP contribution in [-0.2, 0) is 0 Å². The van der Waals surface area contributed by atoms with Crippen LogP contribution >= 0.6 is 0 Å². The molecule has 1 aromatic heterocycles. The fourth-order valence-electron chi connectivity index (χ4n) is 0.313. The number of pyridine rings is 1. The first kappa shape index (κ1) is 6.92. The van der Waals surface area contributed by atoms with E-state index in [9.17, 15) is 0 Å². The van der Waals surface area contributed by atoms with Crippen LogP contribution in [0.15, 0.2) is 30.6 Å². The molecule has 1 nitrogen and oxygen atoms in total. The third-order valence-electron chi connectivity index (χ3n) is 0.566.